The van der Waals surface area contributed by atoms with E-state index in [0.717, 1.165) is 12.8 Å². The van der Waals surface area contributed by atoms with Crippen molar-refractivity contribution in [2.24, 2.45) is 5.92 Å². The highest BCUT2D eigenvalue weighted by atomic mass is 16.7. The topological polar surface area (TPSA) is 52.6 Å². The van der Waals surface area contributed by atoms with Crippen LogP contribution < -0.4 is 0 Å². The van der Waals surface area contributed by atoms with Crippen molar-refractivity contribution in [3.8, 4) is 0 Å². The highest BCUT2D eigenvalue weighted by Crippen LogP contribution is 2.19. The third-order valence-electron chi connectivity index (χ3n) is 3.67. The van der Waals surface area contributed by atoms with Gasteiger partial charge >= 0.3 is 11.9 Å². The van der Waals surface area contributed by atoms with Crippen molar-refractivity contribution in [1.82, 2.24) is 0 Å². The quantitative estimate of drug-likeness (QED) is 0.557. The van der Waals surface area contributed by atoms with Crippen molar-refractivity contribution in [2.75, 3.05) is 0 Å². The largest absolute Gasteiger partial charge is 0.421 e. The molecule has 2 aromatic carbocycles. The molecule has 0 aliphatic rings. The monoisotopic (exact) mass is 326 g/mol. The molecule has 2 aromatic rings. The number of benzene rings is 2. The van der Waals surface area contributed by atoms with Crippen LogP contribution in [-0.2, 0) is 9.47 Å². The highest BCUT2D eigenvalue weighted by molar-refractivity contribution is 5.91. The molecule has 0 radical (unpaired) electrons. The summed E-state index contributed by atoms with van der Waals surface area (Å²) >= 11 is 0. The first-order chi connectivity index (χ1) is 11.6. The van der Waals surface area contributed by atoms with Crippen molar-refractivity contribution >= 4 is 11.9 Å². The van der Waals surface area contributed by atoms with Gasteiger partial charge in [0.05, 0.1) is 11.1 Å². The van der Waals surface area contributed by atoms with Crippen LogP contribution in [0.4, 0.5) is 0 Å². The molecule has 1 unspecified atom stereocenters. The van der Waals surface area contributed by atoms with Crippen molar-refractivity contribution in [1.29, 1.82) is 0 Å². The van der Waals surface area contributed by atoms with E-state index in [-0.39, 0.29) is 5.92 Å². The van der Waals surface area contributed by atoms with Gasteiger partial charge < -0.3 is 9.47 Å². The van der Waals surface area contributed by atoms with Gasteiger partial charge in [0.2, 0.25) is 0 Å². The van der Waals surface area contributed by atoms with Gasteiger partial charge in [0.1, 0.15) is 0 Å². The fourth-order valence-corrected chi connectivity index (χ4v) is 2.34. The summed E-state index contributed by atoms with van der Waals surface area (Å²) in [5.74, 6) is -1.08. The summed E-state index contributed by atoms with van der Waals surface area (Å²) in [6, 6.07) is 17.4. The predicted octanol–water partition coefficient (Wildman–Crippen LogP) is 4.46. The van der Waals surface area contributed by atoms with Gasteiger partial charge in [0.25, 0.3) is 6.29 Å². The third-order valence-corrected chi connectivity index (χ3v) is 3.67. The highest BCUT2D eigenvalue weighted by Gasteiger charge is 2.26. The molecule has 0 bridgehead atoms. The normalized spacial score (nSPS) is 11.8. The van der Waals surface area contributed by atoms with E-state index >= 15 is 0 Å². The van der Waals surface area contributed by atoms with Gasteiger partial charge in [-0.1, -0.05) is 56.7 Å². The molecule has 24 heavy (non-hydrogen) atoms. The zero-order valence-corrected chi connectivity index (χ0v) is 14.0. The molecular weight excluding hydrogens is 304 g/mol. The van der Waals surface area contributed by atoms with Crippen molar-refractivity contribution < 1.29 is 19.1 Å². The zero-order valence-electron chi connectivity index (χ0n) is 14.0. The number of hydrogen-bond acceptors (Lipinski definition) is 4. The predicted molar refractivity (Wildman–Crippen MR) is 91.6 cm³/mol. The lowest BCUT2D eigenvalue weighted by Gasteiger charge is -2.23. The van der Waals surface area contributed by atoms with Crippen molar-refractivity contribution in [3.05, 3.63) is 71.8 Å². The van der Waals surface area contributed by atoms with Crippen LogP contribution >= 0.6 is 0 Å². The van der Waals surface area contributed by atoms with Crippen LogP contribution in [0.5, 0.6) is 0 Å². The Hall–Kier alpha value is -2.62. The van der Waals surface area contributed by atoms with Crippen LogP contribution in [0.1, 0.15) is 47.4 Å². The summed E-state index contributed by atoms with van der Waals surface area (Å²) in [5.41, 5.74) is 0.865. The summed E-state index contributed by atoms with van der Waals surface area (Å²) in [5, 5.41) is 0. The number of carbonyl (C=O) groups is 2. The lowest BCUT2D eigenvalue weighted by atomic mass is 10.1. The van der Waals surface area contributed by atoms with E-state index in [1.165, 1.54) is 0 Å². The second kappa shape index (κ2) is 8.87. The summed E-state index contributed by atoms with van der Waals surface area (Å²) in [7, 11) is 0. The summed E-state index contributed by atoms with van der Waals surface area (Å²) < 4.78 is 10.9. The molecule has 0 aromatic heterocycles. The lowest BCUT2D eigenvalue weighted by Crippen LogP contribution is -2.30. The maximum Gasteiger partial charge on any atom is 0.341 e. The smallest absolute Gasteiger partial charge is 0.341 e. The Bertz CT molecular complexity index is 598. The van der Waals surface area contributed by atoms with E-state index in [1.54, 1.807) is 48.5 Å². The molecule has 4 nitrogen and oxygen atoms in total. The molecule has 0 aliphatic carbocycles. The van der Waals surface area contributed by atoms with E-state index in [0.29, 0.717) is 11.1 Å². The Labute approximate surface area is 142 Å². The minimum atomic E-state index is -0.912. The minimum absolute atomic E-state index is 0.0877. The van der Waals surface area contributed by atoms with Crippen LogP contribution in [0.2, 0.25) is 0 Å². The van der Waals surface area contributed by atoms with Gasteiger partial charge in [-0.25, -0.2) is 9.59 Å². The first-order valence-electron chi connectivity index (χ1n) is 8.14. The first-order valence-corrected chi connectivity index (χ1v) is 8.14. The van der Waals surface area contributed by atoms with Crippen molar-refractivity contribution in [2.45, 2.75) is 33.0 Å². The van der Waals surface area contributed by atoms with E-state index < -0.39 is 18.2 Å². The molecule has 2 rings (SSSR count). The molecular formula is C20H22O4. The summed E-state index contributed by atoms with van der Waals surface area (Å²) in [6.07, 6.45) is 0.781. The van der Waals surface area contributed by atoms with Gasteiger partial charge in [0.15, 0.2) is 0 Å². The van der Waals surface area contributed by atoms with Crippen LogP contribution in [0.3, 0.4) is 0 Å². The Kier molecular flexibility index (Phi) is 6.55. The average molecular weight is 326 g/mol. The molecule has 0 saturated heterocycles. The van der Waals surface area contributed by atoms with Crippen LogP contribution in [0.25, 0.3) is 0 Å². The minimum Gasteiger partial charge on any atom is -0.421 e. The fraction of sp³-hybridized carbons (Fsp3) is 0.300. The maximum absolute atomic E-state index is 12.3. The number of carbonyl (C=O) groups excluding carboxylic acids is 2. The first kappa shape index (κ1) is 17.7. The molecule has 0 spiro atoms. The Balaban J connectivity index is 2.10. The molecule has 0 aliphatic heterocycles. The molecule has 0 saturated carbocycles. The Morgan fingerprint density at radius 2 is 1.25 bits per heavy atom. The van der Waals surface area contributed by atoms with Gasteiger partial charge in [-0.2, -0.15) is 0 Å². The molecule has 0 amide bonds. The molecule has 1 atom stereocenters. The Morgan fingerprint density at radius 1 is 0.833 bits per heavy atom. The van der Waals surface area contributed by atoms with Gasteiger partial charge in [-0.3, -0.25) is 0 Å². The van der Waals surface area contributed by atoms with Crippen LogP contribution in [-0.4, -0.2) is 18.2 Å². The summed E-state index contributed by atoms with van der Waals surface area (Å²) in [6.45, 7) is 3.94. The van der Waals surface area contributed by atoms with E-state index in [1.807, 2.05) is 26.0 Å². The standard InChI is InChI=1S/C20H22O4/c1-3-10-15(2)20(23-18(21)16-11-6-4-7-12-16)24-19(22)17-13-8-5-9-14-17/h4-9,11-15,20H,3,10H2,1-2H3. The molecule has 4 heteroatoms. The molecule has 0 N–H and O–H groups in total. The second-order valence-corrected chi connectivity index (χ2v) is 5.68. The number of hydrogen-bond donors (Lipinski definition) is 0. The molecule has 0 fully saturated rings. The number of rotatable bonds is 7. The Morgan fingerprint density at radius 3 is 1.62 bits per heavy atom. The number of esters is 2. The van der Waals surface area contributed by atoms with Crippen LogP contribution in [0, 0.1) is 5.92 Å². The third kappa shape index (κ3) is 4.95. The fourth-order valence-electron chi connectivity index (χ4n) is 2.34. The van der Waals surface area contributed by atoms with E-state index in [2.05, 4.69) is 0 Å². The summed E-state index contributed by atoms with van der Waals surface area (Å²) in [4.78, 5) is 24.5. The molecule has 126 valence electrons. The van der Waals surface area contributed by atoms with Gasteiger partial charge in [-0.05, 0) is 30.7 Å². The van der Waals surface area contributed by atoms with Crippen LogP contribution in [0.15, 0.2) is 60.7 Å². The zero-order chi connectivity index (χ0) is 17.4. The van der Waals surface area contributed by atoms with Gasteiger partial charge in [0, 0.05) is 5.92 Å². The SMILES string of the molecule is CCCC(C)C(OC(=O)c1ccccc1)OC(=O)c1ccccc1. The number of ether oxygens (including phenoxy) is 2. The van der Waals surface area contributed by atoms with E-state index in [9.17, 15) is 9.59 Å². The maximum atomic E-state index is 12.3. The van der Waals surface area contributed by atoms with Gasteiger partial charge in [-0.15, -0.1) is 0 Å². The second-order valence-electron chi connectivity index (χ2n) is 5.68. The van der Waals surface area contributed by atoms with Crippen molar-refractivity contribution in [3.63, 3.8) is 0 Å². The molecule has 0 heterocycles. The average Bonchev–Trinajstić information content (AvgIpc) is 2.62. The van der Waals surface area contributed by atoms with E-state index in [4.69, 9.17) is 9.47 Å². The lowest BCUT2D eigenvalue weighted by molar-refractivity contribution is -0.107.